The molecule has 1 aliphatic carbocycles. The molecule has 11 aromatic carbocycles. The fourth-order valence-electron chi connectivity index (χ4n) is 12.8. The Morgan fingerprint density at radius 2 is 0.765 bits per heavy atom. The second-order valence-electron chi connectivity index (χ2n) is 21.0. The van der Waals surface area contributed by atoms with Crippen LogP contribution in [0, 0.1) is 0 Å². The largest absolute Gasteiger partial charge is 0.309 e. The summed E-state index contributed by atoms with van der Waals surface area (Å²) in [4.78, 5) is 16.9. The summed E-state index contributed by atoms with van der Waals surface area (Å²) in [7, 11) is -3.31. The molecule has 0 amide bonds. The summed E-state index contributed by atoms with van der Waals surface area (Å²) < 4.78 is 4.59. The molecule has 6 heteroatoms. The van der Waals surface area contributed by atoms with E-state index >= 15 is 0 Å². The molecule has 81 heavy (non-hydrogen) atoms. The Balaban J connectivity index is 1.02. The van der Waals surface area contributed by atoms with E-state index in [-0.39, 0.29) is 5.92 Å². The highest BCUT2D eigenvalue weighted by Crippen LogP contribution is 2.39. The lowest BCUT2D eigenvalue weighted by Gasteiger charge is -2.38. The Morgan fingerprint density at radius 1 is 0.346 bits per heavy atom. The van der Waals surface area contributed by atoms with Crippen LogP contribution in [0.4, 0.5) is 0 Å². The van der Waals surface area contributed by atoms with Gasteiger partial charge in [0.05, 0.1) is 27.8 Å². The van der Waals surface area contributed by atoms with Crippen molar-refractivity contribution in [3.05, 3.63) is 314 Å². The van der Waals surface area contributed by atoms with Gasteiger partial charge in [-0.1, -0.05) is 267 Å². The van der Waals surface area contributed by atoms with E-state index in [1.807, 2.05) is 0 Å². The van der Waals surface area contributed by atoms with Gasteiger partial charge in [-0.2, -0.15) is 9.97 Å². The quantitative estimate of drug-likeness (QED) is 0.0958. The van der Waals surface area contributed by atoms with E-state index in [0.717, 1.165) is 56.1 Å². The lowest BCUT2D eigenvalue weighted by atomic mass is 9.93. The minimum atomic E-state index is -3.31. The van der Waals surface area contributed by atoms with Crippen molar-refractivity contribution in [2.24, 2.45) is 0 Å². The third-order valence-electron chi connectivity index (χ3n) is 16.5. The maximum absolute atomic E-state index is 5.65. The standard InChI is InChI=1S/C75H53N5Si/c1-4-24-52(25-5-1)55-30-20-34-59(48-55)81(60-35-21-31-56(49-60)53-26-6-2-7-27-53,61-36-22-32-57(50-61)54-28-8-3-9-29-54)62-37-23-33-58(51-62)73-76-74(78-75(77-73)80-70-45-17-12-40-65(70)66-41-13-18-46-71(66)80)67-42-14-19-47-72(67)79-68-43-15-10-38-63(68)64-39-11-16-44-69(64)79/h1-31,33-51,57H,32H2. The first-order valence-electron chi connectivity index (χ1n) is 27.9. The summed E-state index contributed by atoms with van der Waals surface area (Å²) in [5.74, 6) is 1.90. The van der Waals surface area contributed by atoms with Crippen LogP contribution in [0.2, 0.25) is 0 Å². The monoisotopic (exact) mass is 1050 g/mol. The highest BCUT2D eigenvalue weighted by Gasteiger charge is 2.44. The molecule has 1 aliphatic rings. The number of para-hydroxylation sites is 5. The zero-order valence-corrected chi connectivity index (χ0v) is 45.4. The van der Waals surface area contributed by atoms with Crippen LogP contribution in [-0.4, -0.2) is 32.2 Å². The van der Waals surface area contributed by atoms with Crippen LogP contribution in [0.5, 0.6) is 0 Å². The zero-order valence-electron chi connectivity index (χ0n) is 44.4. The molecule has 1 atom stereocenters. The van der Waals surface area contributed by atoms with E-state index in [4.69, 9.17) is 15.0 Å². The van der Waals surface area contributed by atoms with Gasteiger partial charge in [-0.25, -0.2) is 4.98 Å². The van der Waals surface area contributed by atoms with Gasteiger partial charge in [-0.05, 0) is 91.4 Å². The van der Waals surface area contributed by atoms with Crippen LogP contribution in [0.25, 0.3) is 100 Å². The molecular weight excluding hydrogens is 999 g/mol. The Bertz CT molecular complexity index is 4560. The summed E-state index contributed by atoms with van der Waals surface area (Å²) in [6.07, 6.45) is 8.36. The van der Waals surface area contributed by atoms with Gasteiger partial charge < -0.3 is 4.57 Å². The fraction of sp³-hybridized carbons (Fsp3) is 0.0267. The third kappa shape index (κ3) is 8.26. The number of allylic oxidation sites excluding steroid dienone is 4. The van der Waals surface area contributed by atoms with E-state index in [0.29, 0.717) is 17.6 Å². The number of nitrogens with zero attached hydrogens (tertiary/aromatic N) is 5. The van der Waals surface area contributed by atoms with Crippen LogP contribution in [0.15, 0.2) is 309 Å². The van der Waals surface area contributed by atoms with Crippen molar-refractivity contribution in [3.8, 4) is 56.7 Å². The minimum Gasteiger partial charge on any atom is -0.309 e. The number of fused-ring (bicyclic) bond motifs is 6. The molecule has 14 aromatic rings. The SMILES string of the molecule is C1=CC([Si](c2cccc(-c3ccccc3)c2)(c2cccc(-c3ccccc3)c2)c2cccc(-c3nc(-c4ccccc4-n4c5ccccc5c5ccccc54)nc(-n4c5ccccc5c5ccccc54)n3)c2)=CC(c2ccccc2)C1. The molecule has 0 saturated carbocycles. The Morgan fingerprint density at radius 3 is 1.31 bits per heavy atom. The number of benzene rings is 11. The molecule has 0 bridgehead atoms. The van der Waals surface area contributed by atoms with Gasteiger partial charge in [0.2, 0.25) is 5.95 Å². The van der Waals surface area contributed by atoms with Gasteiger partial charge >= 0.3 is 0 Å². The number of hydrogen-bond acceptors (Lipinski definition) is 3. The Hall–Kier alpha value is -10.3. The summed E-state index contributed by atoms with van der Waals surface area (Å²) in [6, 6.07) is 104. The predicted molar refractivity (Wildman–Crippen MR) is 339 cm³/mol. The molecule has 382 valence electrons. The zero-order chi connectivity index (χ0) is 53.7. The average Bonchev–Trinajstić information content (AvgIpc) is 4.27. The number of aromatic nitrogens is 5. The molecule has 1 unspecified atom stereocenters. The second kappa shape index (κ2) is 20.2. The van der Waals surface area contributed by atoms with Crippen LogP contribution in [0.1, 0.15) is 17.9 Å². The Labute approximate surface area is 471 Å². The van der Waals surface area contributed by atoms with Gasteiger partial charge in [-0.3, -0.25) is 4.57 Å². The first-order chi connectivity index (χ1) is 40.2. The van der Waals surface area contributed by atoms with E-state index in [2.05, 4.69) is 312 Å². The maximum Gasteiger partial charge on any atom is 0.238 e. The molecule has 3 aromatic heterocycles. The van der Waals surface area contributed by atoms with Crippen molar-refractivity contribution in [2.75, 3.05) is 0 Å². The van der Waals surface area contributed by atoms with E-state index < -0.39 is 8.07 Å². The van der Waals surface area contributed by atoms with Crippen LogP contribution in [-0.2, 0) is 0 Å². The van der Waals surface area contributed by atoms with Gasteiger partial charge in [0.15, 0.2) is 19.7 Å². The Kier molecular flexibility index (Phi) is 11.9. The summed E-state index contributed by atoms with van der Waals surface area (Å²) in [5, 5.41) is 9.80. The van der Waals surface area contributed by atoms with Gasteiger partial charge in [0.1, 0.15) is 0 Å². The molecule has 0 radical (unpaired) electrons. The summed E-state index contributed by atoms with van der Waals surface area (Å²) >= 11 is 0. The third-order valence-corrected chi connectivity index (χ3v) is 21.2. The van der Waals surface area contributed by atoms with Gasteiger partial charge in [-0.15, -0.1) is 0 Å². The highest BCUT2D eigenvalue weighted by molar-refractivity contribution is 7.16. The molecule has 0 aliphatic heterocycles. The molecule has 15 rings (SSSR count). The van der Waals surface area contributed by atoms with Gasteiger partial charge in [0, 0.05) is 38.6 Å². The minimum absolute atomic E-state index is 0.185. The van der Waals surface area contributed by atoms with Crippen molar-refractivity contribution in [1.82, 2.24) is 24.1 Å². The first-order valence-corrected chi connectivity index (χ1v) is 29.9. The first kappa shape index (κ1) is 47.9. The van der Waals surface area contributed by atoms with E-state index in [1.165, 1.54) is 59.3 Å². The van der Waals surface area contributed by atoms with Crippen molar-refractivity contribution < 1.29 is 0 Å². The molecule has 0 saturated heterocycles. The molecule has 0 N–H and O–H groups in total. The lowest BCUT2D eigenvalue weighted by Crippen LogP contribution is -2.68. The van der Waals surface area contributed by atoms with Crippen molar-refractivity contribution in [2.45, 2.75) is 12.3 Å². The topological polar surface area (TPSA) is 48.5 Å². The van der Waals surface area contributed by atoms with Crippen molar-refractivity contribution in [1.29, 1.82) is 0 Å². The summed E-state index contributed by atoms with van der Waals surface area (Å²) in [5.41, 5.74) is 13.1. The second-order valence-corrected chi connectivity index (χ2v) is 24.9. The lowest BCUT2D eigenvalue weighted by molar-refractivity contribution is 0.850. The molecule has 0 fully saturated rings. The smallest absolute Gasteiger partial charge is 0.238 e. The van der Waals surface area contributed by atoms with Crippen LogP contribution < -0.4 is 15.6 Å². The normalized spacial score (nSPS) is 13.5. The number of rotatable bonds is 11. The van der Waals surface area contributed by atoms with Crippen molar-refractivity contribution >= 4 is 67.2 Å². The predicted octanol–water partition coefficient (Wildman–Crippen LogP) is 16.4. The highest BCUT2D eigenvalue weighted by atomic mass is 28.3. The van der Waals surface area contributed by atoms with Crippen LogP contribution >= 0.6 is 0 Å². The molecule has 3 heterocycles. The average molecular weight is 1050 g/mol. The molecule has 5 nitrogen and oxygen atoms in total. The molecular formula is C75H53N5Si. The van der Waals surface area contributed by atoms with Crippen LogP contribution in [0.3, 0.4) is 0 Å². The van der Waals surface area contributed by atoms with Crippen molar-refractivity contribution in [3.63, 3.8) is 0 Å². The molecule has 0 spiro atoms. The fourth-order valence-corrected chi connectivity index (χ4v) is 17.7. The van der Waals surface area contributed by atoms with E-state index in [1.54, 1.807) is 0 Å². The number of hydrogen-bond donors (Lipinski definition) is 0. The maximum atomic E-state index is 5.65. The van der Waals surface area contributed by atoms with Gasteiger partial charge in [0.25, 0.3) is 0 Å². The van der Waals surface area contributed by atoms with E-state index in [9.17, 15) is 0 Å². The summed E-state index contributed by atoms with van der Waals surface area (Å²) in [6.45, 7) is 0.